The summed E-state index contributed by atoms with van der Waals surface area (Å²) < 4.78 is 22.3. The Balaban J connectivity index is 0.000000568. The van der Waals surface area contributed by atoms with Gasteiger partial charge in [0.05, 0.1) is 33.0 Å². The first-order valence-electron chi connectivity index (χ1n) is 8.96. The predicted molar refractivity (Wildman–Crippen MR) is 101 cm³/mol. The van der Waals surface area contributed by atoms with Crippen LogP contribution in [-0.2, 0) is 14.3 Å². The molecule has 1 saturated heterocycles. The predicted octanol–water partition coefficient (Wildman–Crippen LogP) is 1.74. The van der Waals surface area contributed by atoms with Crippen LogP contribution in [0.2, 0.25) is 0 Å². The van der Waals surface area contributed by atoms with Gasteiger partial charge in [0, 0.05) is 19.6 Å². The van der Waals surface area contributed by atoms with Crippen LogP contribution in [0.1, 0.15) is 20.3 Å². The molecule has 2 rings (SSSR count). The quantitative estimate of drug-likeness (QED) is 0.522. The Bertz CT molecular complexity index is 592. The van der Waals surface area contributed by atoms with E-state index in [1.807, 2.05) is 18.2 Å². The lowest BCUT2D eigenvalue weighted by Crippen LogP contribution is -2.45. The zero-order chi connectivity index (χ0) is 21.1. The van der Waals surface area contributed by atoms with Crippen LogP contribution in [0.5, 0.6) is 17.2 Å². The molecule has 2 N–H and O–H groups in total. The number of carbonyl (C=O) groups is 2. The number of carboxylic acid groups (broad SMARTS) is 2. The smallest absolute Gasteiger partial charge is 0.414 e. The van der Waals surface area contributed by atoms with E-state index < -0.39 is 11.9 Å². The van der Waals surface area contributed by atoms with Crippen molar-refractivity contribution >= 4 is 11.9 Å². The van der Waals surface area contributed by atoms with Gasteiger partial charge in [-0.05, 0) is 32.4 Å². The van der Waals surface area contributed by atoms with E-state index >= 15 is 0 Å². The molecule has 1 aromatic carbocycles. The van der Waals surface area contributed by atoms with E-state index in [2.05, 4.69) is 18.7 Å². The molecular weight excluding hydrogens is 370 g/mol. The zero-order valence-corrected chi connectivity index (χ0v) is 16.7. The number of aliphatic carboxylic acids is 2. The zero-order valence-electron chi connectivity index (χ0n) is 16.7. The number of hydrogen-bond donors (Lipinski definition) is 2. The van der Waals surface area contributed by atoms with E-state index in [-0.39, 0.29) is 0 Å². The van der Waals surface area contributed by atoms with Crippen LogP contribution < -0.4 is 14.2 Å². The minimum Gasteiger partial charge on any atom is -0.493 e. The molecule has 0 aliphatic carbocycles. The first-order valence-corrected chi connectivity index (χ1v) is 8.96. The van der Waals surface area contributed by atoms with E-state index in [9.17, 15) is 0 Å². The summed E-state index contributed by atoms with van der Waals surface area (Å²) in [6.45, 7) is 7.87. The average molecular weight is 399 g/mol. The lowest BCUT2D eigenvalue weighted by Gasteiger charge is -2.35. The number of morpholine rings is 1. The van der Waals surface area contributed by atoms with Crippen molar-refractivity contribution in [3.63, 3.8) is 0 Å². The Kier molecular flexibility index (Phi) is 10.1. The summed E-state index contributed by atoms with van der Waals surface area (Å²) in [7, 11) is 3.27. The van der Waals surface area contributed by atoms with Gasteiger partial charge < -0.3 is 29.2 Å². The summed E-state index contributed by atoms with van der Waals surface area (Å²) in [4.78, 5) is 20.6. The third kappa shape index (κ3) is 8.01. The molecule has 1 fully saturated rings. The molecule has 0 aromatic heterocycles. The highest BCUT2D eigenvalue weighted by atomic mass is 16.5. The molecule has 9 nitrogen and oxygen atoms in total. The van der Waals surface area contributed by atoms with Crippen LogP contribution in [0.3, 0.4) is 0 Å². The molecule has 28 heavy (non-hydrogen) atoms. The average Bonchev–Trinajstić information content (AvgIpc) is 2.64. The maximum Gasteiger partial charge on any atom is 0.414 e. The SMILES string of the molecule is COc1cccc(OC)c1OCCCN1CC(C)OC(C)C1.O=C(O)C(=O)O. The van der Waals surface area contributed by atoms with Gasteiger partial charge in [0.15, 0.2) is 11.5 Å². The van der Waals surface area contributed by atoms with Crippen molar-refractivity contribution < 1.29 is 38.7 Å². The number of rotatable bonds is 7. The molecule has 0 spiro atoms. The van der Waals surface area contributed by atoms with Crippen molar-refractivity contribution in [1.29, 1.82) is 0 Å². The minimum absolute atomic E-state index is 0.305. The largest absolute Gasteiger partial charge is 0.493 e. The minimum atomic E-state index is -1.82. The van der Waals surface area contributed by atoms with Crippen molar-refractivity contribution in [2.24, 2.45) is 0 Å². The van der Waals surface area contributed by atoms with Crippen molar-refractivity contribution in [2.75, 3.05) is 40.5 Å². The van der Waals surface area contributed by atoms with Crippen molar-refractivity contribution in [3.8, 4) is 17.2 Å². The molecule has 0 bridgehead atoms. The monoisotopic (exact) mass is 399 g/mol. The van der Waals surface area contributed by atoms with Gasteiger partial charge >= 0.3 is 11.9 Å². The highest BCUT2D eigenvalue weighted by molar-refractivity contribution is 6.27. The van der Waals surface area contributed by atoms with Crippen LogP contribution in [-0.4, -0.2) is 79.7 Å². The summed E-state index contributed by atoms with van der Waals surface area (Å²) in [6.07, 6.45) is 1.57. The highest BCUT2D eigenvalue weighted by Crippen LogP contribution is 2.36. The first-order chi connectivity index (χ1) is 13.3. The van der Waals surface area contributed by atoms with Crippen molar-refractivity contribution in [3.05, 3.63) is 18.2 Å². The number of hydrogen-bond acceptors (Lipinski definition) is 7. The van der Waals surface area contributed by atoms with Crippen molar-refractivity contribution in [1.82, 2.24) is 4.90 Å². The summed E-state index contributed by atoms with van der Waals surface area (Å²) in [5.41, 5.74) is 0. The van der Waals surface area contributed by atoms with Gasteiger partial charge in [-0.3, -0.25) is 4.90 Å². The summed E-state index contributed by atoms with van der Waals surface area (Å²) in [5.74, 6) is -1.57. The van der Waals surface area contributed by atoms with Crippen LogP contribution >= 0.6 is 0 Å². The third-order valence-corrected chi connectivity index (χ3v) is 3.93. The maximum atomic E-state index is 9.10. The number of nitrogens with zero attached hydrogens (tertiary/aromatic N) is 1. The van der Waals surface area contributed by atoms with Crippen LogP contribution in [0, 0.1) is 0 Å². The lowest BCUT2D eigenvalue weighted by molar-refractivity contribution is -0.159. The second-order valence-corrected chi connectivity index (χ2v) is 6.32. The molecule has 0 saturated carbocycles. The van der Waals surface area contributed by atoms with Gasteiger partial charge in [0.2, 0.25) is 5.75 Å². The Hall–Kier alpha value is -2.52. The Labute approximate surface area is 164 Å². The Morgan fingerprint density at radius 3 is 2.00 bits per heavy atom. The van der Waals surface area contributed by atoms with E-state index in [1.165, 1.54) is 0 Å². The van der Waals surface area contributed by atoms with E-state index in [0.717, 1.165) is 26.1 Å². The van der Waals surface area contributed by atoms with Gasteiger partial charge in [0.1, 0.15) is 0 Å². The van der Waals surface area contributed by atoms with Gasteiger partial charge in [-0.1, -0.05) is 6.07 Å². The molecule has 1 heterocycles. The molecular formula is C19H29NO8. The first kappa shape index (κ1) is 23.5. The molecule has 0 amide bonds. The number of ether oxygens (including phenoxy) is 4. The van der Waals surface area contributed by atoms with Gasteiger partial charge in [0.25, 0.3) is 0 Å². The standard InChI is InChI=1S/C17H27NO4.C2H2O4/c1-13-11-18(12-14(2)22-13)9-6-10-21-17-15(19-3)7-5-8-16(17)20-4;3-1(4)2(5)6/h5,7-8,13-14H,6,9-12H2,1-4H3;(H,3,4)(H,5,6). The highest BCUT2D eigenvalue weighted by Gasteiger charge is 2.21. The third-order valence-electron chi connectivity index (χ3n) is 3.93. The van der Waals surface area contributed by atoms with Crippen LogP contribution in [0.15, 0.2) is 18.2 Å². The molecule has 1 aromatic rings. The van der Waals surface area contributed by atoms with Gasteiger partial charge in [-0.15, -0.1) is 0 Å². The molecule has 1 aliphatic heterocycles. The molecule has 2 unspecified atom stereocenters. The normalized spacial score (nSPS) is 19.1. The van der Waals surface area contributed by atoms with Crippen molar-refractivity contribution in [2.45, 2.75) is 32.5 Å². The van der Waals surface area contributed by atoms with Gasteiger partial charge in [-0.25, -0.2) is 9.59 Å². The molecule has 2 atom stereocenters. The topological polar surface area (TPSA) is 115 Å². The molecule has 1 aliphatic rings. The maximum absolute atomic E-state index is 9.10. The fourth-order valence-corrected chi connectivity index (χ4v) is 2.89. The van der Waals surface area contributed by atoms with E-state index in [4.69, 9.17) is 38.7 Å². The lowest BCUT2D eigenvalue weighted by atomic mass is 10.2. The molecule has 9 heteroatoms. The fraction of sp³-hybridized carbons (Fsp3) is 0.579. The second-order valence-electron chi connectivity index (χ2n) is 6.32. The van der Waals surface area contributed by atoms with E-state index in [1.54, 1.807) is 14.2 Å². The van der Waals surface area contributed by atoms with Crippen LogP contribution in [0.4, 0.5) is 0 Å². The summed E-state index contributed by atoms with van der Waals surface area (Å²) >= 11 is 0. The summed E-state index contributed by atoms with van der Waals surface area (Å²) in [6, 6.07) is 5.65. The Morgan fingerprint density at radius 1 is 1.07 bits per heavy atom. The number of para-hydroxylation sites is 1. The number of methoxy groups -OCH3 is 2. The second kappa shape index (κ2) is 12.0. The number of benzene rings is 1. The number of carboxylic acids is 2. The van der Waals surface area contributed by atoms with Crippen LogP contribution in [0.25, 0.3) is 0 Å². The molecule has 158 valence electrons. The fourth-order valence-electron chi connectivity index (χ4n) is 2.89. The Morgan fingerprint density at radius 2 is 1.57 bits per heavy atom. The van der Waals surface area contributed by atoms with E-state index in [0.29, 0.717) is 36.1 Å². The molecule has 0 radical (unpaired) electrons. The summed E-state index contributed by atoms with van der Waals surface area (Å²) in [5, 5.41) is 14.8. The van der Waals surface area contributed by atoms with Gasteiger partial charge in [-0.2, -0.15) is 0 Å².